The lowest BCUT2D eigenvalue weighted by Crippen LogP contribution is -2.27. The molecule has 0 aliphatic carbocycles. The van der Waals surface area contributed by atoms with Crippen molar-refractivity contribution < 1.29 is 22.6 Å². The second-order valence-corrected chi connectivity index (χ2v) is 8.75. The fraction of sp³-hybridized carbons (Fsp3) is 0.450. The molecule has 3 rings (SSSR count). The number of nitrogens with one attached hydrogen (secondary N) is 1. The molecule has 2 aromatic rings. The molecule has 1 fully saturated rings. The molecule has 0 bridgehead atoms. The van der Waals surface area contributed by atoms with Crippen molar-refractivity contribution in [2.24, 2.45) is 0 Å². The number of benzene rings is 1. The average Bonchev–Trinajstić information content (AvgIpc) is 3.28. The number of aromatic nitrogens is 1. The van der Waals surface area contributed by atoms with E-state index >= 15 is 0 Å². The molecule has 0 radical (unpaired) electrons. The van der Waals surface area contributed by atoms with Gasteiger partial charge in [-0.15, -0.1) is 0 Å². The summed E-state index contributed by atoms with van der Waals surface area (Å²) >= 11 is 0. The molecule has 158 valence electrons. The zero-order valence-corrected chi connectivity index (χ0v) is 18.0. The van der Waals surface area contributed by atoms with Gasteiger partial charge in [0.05, 0.1) is 27.4 Å². The zero-order valence-electron chi connectivity index (χ0n) is 17.1. The van der Waals surface area contributed by atoms with Crippen LogP contribution >= 0.6 is 0 Å². The van der Waals surface area contributed by atoms with Crippen LogP contribution < -0.4 is 19.5 Å². The summed E-state index contributed by atoms with van der Waals surface area (Å²) in [7, 11) is 1.23. The van der Waals surface area contributed by atoms with Crippen molar-refractivity contribution in [2.75, 3.05) is 39.7 Å². The van der Waals surface area contributed by atoms with Gasteiger partial charge < -0.3 is 19.5 Å². The Balaban J connectivity index is 1.78. The van der Waals surface area contributed by atoms with Crippen LogP contribution in [-0.2, 0) is 10.0 Å². The Kier molecular flexibility index (Phi) is 6.49. The Bertz CT molecular complexity index is 916. The van der Waals surface area contributed by atoms with E-state index in [0.29, 0.717) is 36.2 Å². The van der Waals surface area contributed by atoms with Crippen molar-refractivity contribution in [2.45, 2.75) is 30.7 Å². The first-order valence-electron chi connectivity index (χ1n) is 9.43. The summed E-state index contributed by atoms with van der Waals surface area (Å²) in [6.45, 7) is 3.11. The fourth-order valence-corrected chi connectivity index (χ4v) is 4.82. The molecule has 0 spiro atoms. The van der Waals surface area contributed by atoms with E-state index in [4.69, 9.17) is 14.2 Å². The molecule has 1 saturated heterocycles. The van der Waals surface area contributed by atoms with Gasteiger partial charge in [-0.3, -0.25) is 0 Å². The van der Waals surface area contributed by atoms with E-state index in [0.717, 1.165) is 18.4 Å². The number of anilines is 1. The predicted molar refractivity (Wildman–Crippen MR) is 110 cm³/mol. The second-order valence-electron chi connectivity index (χ2n) is 6.82. The van der Waals surface area contributed by atoms with Crippen LogP contribution in [0.1, 0.15) is 31.4 Å². The highest BCUT2D eigenvalue weighted by Crippen LogP contribution is 2.40. The number of ether oxygens (including phenoxy) is 3. The molecular formula is C20H27N3O5S. The van der Waals surface area contributed by atoms with Crippen molar-refractivity contribution in [3.63, 3.8) is 0 Å². The standard InChI is InChI=1S/C20H27N3O5S/c1-14(15-11-17(26-2)20(28-4)18(12-15)27-3)22-19-8-7-16(13-21-19)29(24,25)23-9-5-6-10-23/h7-8,11-14H,5-6,9-10H2,1-4H3,(H,21,22). The Labute approximate surface area is 171 Å². The van der Waals surface area contributed by atoms with Crippen molar-refractivity contribution in [3.8, 4) is 17.2 Å². The maximum atomic E-state index is 12.6. The number of hydrogen-bond acceptors (Lipinski definition) is 7. The fourth-order valence-electron chi connectivity index (χ4n) is 3.35. The van der Waals surface area contributed by atoms with Gasteiger partial charge >= 0.3 is 0 Å². The molecule has 1 unspecified atom stereocenters. The number of hydrogen-bond donors (Lipinski definition) is 1. The summed E-state index contributed by atoms with van der Waals surface area (Å²) in [6, 6.07) is 6.87. The van der Waals surface area contributed by atoms with E-state index in [1.807, 2.05) is 19.1 Å². The molecule has 1 aromatic heterocycles. The van der Waals surface area contributed by atoms with Gasteiger partial charge in [0, 0.05) is 19.3 Å². The Morgan fingerprint density at radius 3 is 2.14 bits per heavy atom. The third-order valence-electron chi connectivity index (χ3n) is 4.99. The molecule has 29 heavy (non-hydrogen) atoms. The van der Waals surface area contributed by atoms with Crippen molar-refractivity contribution in [3.05, 3.63) is 36.0 Å². The lowest BCUT2D eigenvalue weighted by molar-refractivity contribution is 0.323. The molecule has 1 aliphatic heterocycles. The van der Waals surface area contributed by atoms with Gasteiger partial charge in [-0.05, 0) is 49.6 Å². The lowest BCUT2D eigenvalue weighted by atomic mass is 10.1. The molecule has 9 heteroatoms. The van der Waals surface area contributed by atoms with Crippen LogP contribution in [0, 0.1) is 0 Å². The number of methoxy groups -OCH3 is 3. The summed E-state index contributed by atoms with van der Waals surface area (Å²) in [6.07, 6.45) is 3.20. The zero-order chi connectivity index (χ0) is 21.0. The minimum atomic E-state index is -3.47. The first-order chi connectivity index (χ1) is 13.9. The summed E-state index contributed by atoms with van der Waals surface area (Å²) in [5.74, 6) is 2.23. The van der Waals surface area contributed by atoms with E-state index in [-0.39, 0.29) is 10.9 Å². The predicted octanol–water partition coefficient (Wildman–Crippen LogP) is 3.07. The van der Waals surface area contributed by atoms with Gasteiger partial charge in [-0.2, -0.15) is 4.31 Å². The van der Waals surface area contributed by atoms with Crippen LogP contribution in [0.3, 0.4) is 0 Å². The van der Waals surface area contributed by atoms with E-state index in [1.54, 1.807) is 33.5 Å². The molecule has 0 saturated carbocycles. The van der Waals surface area contributed by atoms with Crippen LogP contribution in [-0.4, -0.2) is 52.1 Å². The van der Waals surface area contributed by atoms with Gasteiger partial charge in [0.2, 0.25) is 15.8 Å². The second kappa shape index (κ2) is 8.87. The largest absolute Gasteiger partial charge is 0.493 e. The van der Waals surface area contributed by atoms with Gasteiger partial charge in [-0.1, -0.05) is 0 Å². The first kappa shape index (κ1) is 21.2. The normalized spacial score (nSPS) is 15.7. The number of nitrogens with zero attached hydrogens (tertiary/aromatic N) is 2. The minimum Gasteiger partial charge on any atom is -0.493 e. The summed E-state index contributed by atoms with van der Waals surface area (Å²) in [5, 5.41) is 3.28. The van der Waals surface area contributed by atoms with Crippen LogP contribution in [0.15, 0.2) is 35.4 Å². The van der Waals surface area contributed by atoms with Crippen LogP contribution in [0.4, 0.5) is 5.82 Å². The van der Waals surface area contributed by atoms with Gasteiger partial charge in [0.25, 0.3) is 0 Å². The first-order valence-corrected chi connectivity index (χ1v) is 10.9. The maximum absolute atomic E-state index is 12.6. The Morgan fingerprint density at radius 1 is 1.03 bits per heavy atom. The lowest BCUT2D eigenvalue weighted by Gasteiger charge is -2.19. The Hall–Kier alpha value is -2.52. The molecule has 0 amide bonds. The molecule has 1 N–H and O–H groups in total. The number of pyridine rings is 1. The van der Waals surface area contributed by atoms with E-state index in [1.165, 1.54) is 10.5 Å². The molecule has 1 atom stereocenters. The van der Waals surface area contributed by atoms with Gasteiger partial charge in [0.1, 0.15) is 10.7 Å². The van der Waals surface area contributed by atoms with E-state index < -0.39 is 10.0 Å². The quantitative estimate of drug-likeness (QED) is 0.700. The average molecular weight is 422 g/mol. The third kappa shape index (κ3) is 4.40. The van der Waals surface area contributed by atoms with Crippen LogP contribution in [0.2, 0.25) is 0 Å². The molecular weight excluding hydrogens is 394 g/mol. The molecule has 2 heterocycles. The Morgan fingerprint density at radius 2 is 1.66 bits per heavy atom. The maximum Gasteiger partial charge on any atom is 0.244 e. The van der Waals surface area contributed by atoms with Crippen LogP contribution in [0.5, 0.6) is 17.2 Å². The smallest absolute Gasteiger partial charge is 0.244 e. The van der Waals surface area contributed by atoms with E-state index in [2.05, 4.69) is 10.3 Å². The van der Waals surface area contributed by atoms with Crippen LogP contribution in [0.25, 0.3) is 0 Å². The van der Waals surface area contributed by atoms with Crippen molar-refractivity contribution >= 4 is 15.8 Å². The molecule has 1 aromatic carbocycles. The summed E-state index contributed by atoms with van der Waals surface area (Å²) in [5.41, 5.74) is 0.912. The van der Waals surface area contributed by atoms with Crippen molar-refractivity contribution in [1.82, 2.24) is 9.29 Å². The number of sulfonamides is 1. The van der Waals surface area contributed by atoms with Gasteiger partial charge in [-0.25, -0.2) is 13.4 Å². The highest BCUT2D eigenvalue weighted by Gasteiger charge is 2.27. The summed E-state index contributed by atoms with van der Waals surface area (Å²) < 4.78 is 42.9. The molecule has 8 nitrogen and oxygen atoms in total. The van der Waals surface area contributed by atoms with Gasteiger partial charge in [0.15, 0.2) is 11.5 Å². The third-order valence-corrected chi connectivity index (χ3v) is 6.87. The summed E-state index contributed by atoms with van der Waals surface area (Å²) in [4.78, 5) is 4.51. The van der Waals surface area contributed by atoms with Crippen molar-refractivity contribution in [1.29, 1.82) is 0 Å². The van der Waals surface area contributed by atoms with E-state index in [9.17, 15) is 8.42 Å². The SMILES string of the molecule is COc1cc(C(C)Nc2ccc(S(=O)(=O)N3CCCC3)cn2)cc(OC)c1OC. The number of rotatable bonds is 8. The minimum absolute atomic E-state index is 0.128. The highest BCUT2D eigenvalue weighted by molar-refractivity contribution is 7.89. The monoisotopic (exact) mass is 421 g/mol. The topological polar surface area (TPSA) is 90.0 Å². The highest BCUT2D eigenvalue weighted by atomic mass is 32.2. The molecule has 1 aliphatic rings.